The van der Waals surface area contributed by atoms with E-state index in [2.05, 4.69) is 27.2 Å². The van der Waals surface area contributed by atoms with Gasteiger partial charge in [-0.1, -0.05) is 6.07 Å². The summed E-state index contributed by atoms with van der Waals surface area (Å²) in [7, 11) is 0. The van der Waals surface area contributed by atoms with Crippen molar-refractivity contribution >= 4 is 17.3 Å². The fourth-order valence-electron chi connectivity index (χ4n) is 3.62. The highest BCUT2D eigenvalue weighted by atomic mass is 16.5. The molecule has 0 aromatic heterocycles. The van der Waals surface area contributed by atoms with Crippen LogP contribution in [-0.2, 0) is 9.53 Å². The van der Waals surface area contributed by atoms with E-state index in [1.165, 1.54) is 25.1 Å². The number of carbonyl (C=O) groups excluding carboxylic acids is 1. The first kappa shape index (κ1) is 15.9. The maximum absolute atomic E-state index is 12.2. The zero-order valence-electron chi connectivity index (χ0n) is 14.2. The van der Waals surface area contributed by atoms with Gasteiger partial charge in [-0.2, -0.15) is 0 Å². The second-order valence-electron chi connectivity index (χ2n) is 7.33. The highest BCUT2D eigenvalue weighted by Gasteiger charge is 2.27. The first-order valence-corrected chi connectivity index (χ1v) is 9.24. The van der Waals surface area contributed by atoms with Crippen molar-refractivity contribution in [1.82, 2.24) is 4.90 Å². The van der Waals surface area contributed by atoms with Crippen molar-refractivity contribution in [2.24, 2.45) is 11.8 Å². The summed E-state index contributed by atoms with van der Waals surface area (Å²) < 4.78 is 5.30. The van der Waals surface area contributed by atoms with Gasteiger partial charge >= 0.3 is 0 Å². The lowest BCUT2D eigenvalue weighted by atomic mass is 10.1. The number of nitrogens with zero attached hydrogens (tertiary/aromatic N) is 2. The van der Waals surface area contributed by atoms with Gasteiger partial charge in [0.1, 0.15) is 0 Å². The molecule has 5 heteroatoms. The Morgan fingerprint density at radius 2 is 2.00 bits per heavy atom. The molecule has 3 aliphatic rings. The standard InChI is InChI=1S/C19H27N3O2/c23-19(16-6-11-24-14-16)20-17-2-1-3-18(12-17)22-9-7-21(8-10-22)13-15-4-5-15/h1-3,12,15-16H,4-11,13-14H2,(H,20,23)/t16-/m0/s1. The summed E-state index contributed by atoms with van der Waals surface area (Å²) in [6.45, 7) is 6.96. The van der Waals surface area contributed by atoms with Gasteiger partial charge in [-0.15, -0.1) is 0 Å². The van der Waals surface area contributed by atoms with Crippen molar-refractivity contribution in [3.05, 3.63) is 24.3 Å². The van der Waals surface area contributed by atoms with Crippen LogP contribution in [-0.4, -0.2) is 56.7 Å². The van der Waals surface area contributed by atoms with Crippen molar-refractivity contribution in [2.45, 2.75) is 19.3 Å². The van der Waals surface area contributed by atoms with Crippen LogP contribution in [0.5, 0.6) is 0 Å². The number of piperazine rings is 1. The largest absolute Gasteiger partial charge is 0.381 e. The molecule has 2 aliphatic heterocycles. The molecule has 2 heterocycles. The van der Waals surface area contributed by atoms with Gasteiger partial charge in [-0.3, -0.25) is 9.69 Å². The van der Waals surface area contributed by atoms with Crippen LogP contribution in [0.3, 0.4) is 0 Å². The second-order valence-corrected chi connectivity index (χ2v) is 7.33. The van der Waals surface area contributed by atoms with E-state index in [1.807, 2.05) is 12.1 Å². The summed E-state index contributed by atoms with van der Waals surface area (Å²) in [5.74, 6) is 1.05. The lowest BCUT2D eigenvalue weighted by Crippen LogP contribution is -2.47. The molecule has 1 N–H and O–H groups in total. The Labute approximate surface area is 144 Å². The molecule has 0 radical (unpaired) electrons. The number of hydrogen-bond acceptors (Lipinski definition) is 4. The van der Waals surface area contributed by atoms with E-state index in [1.54, 1.807) is 0 Å². The van der Waals surface area contributed by atoms with Crippen molar-refractivity contribution in [3.63, 3.8) is 0 Å². The SMILES string of the molecule is O=C(Nc1cccc(N2CCN(CC3CC3)CC2)c1)[C@H]1CCOC1. The molecule has 1 aliphatic carbocycles. The number of hydrogen-bond donors (Lipinski definition) is 1. The van der Waals surface area contributed by atoms with E-state index in [-0.39, 0.29) is 11.8 Å². The quantitative estimate of drug-likeness (QED) is 0.899. The Balaban J connectivity index is 1.33. The van der Waals surface area contributed by atoms with Crippen LogP contribution in [0.2, 0.25) is 0 Å². The van der Waals surface area contributed by atoms with Crippen LogP contribution in [0.1, 0.15) is 19.3 Å². The summed E-state index contributed by atoms with van der Waals surface area (Å²) in [6.07, 6.45) is 3.68. The fraction of sp³-hybridized carbons (Fsp3) is 0.632. The fourth-order valence-corrected chi connectivity index (χ4v) is 3.62. The number of anilines is 2. The van der Waals surface area contributed by atoms with E-state index in [0.717, 1.165) is 44.2 Å². The Hall–Kier alpha value is -1.59. The predicted octanol–water partition coefficient (Wildman–Crippen LogP) is 2.19. The number of rotatable bonds is 5. The summed E-state index contributed by atoms with van der Waals surface area (Å²) >= 11 is 0. The average molecular weight is 329 g/mol. The smallest absolute Gasteiger partial charge is 0.229 e. The van der Waals surface area contributed by atoms with Crippen LogP contribution in [0.25, 0.3) is 0 Å². The third kappa shape index (κ3) is 3.90. The lowest BCUT2D eigenvalue weighted by molar-refractivity contribution is -0.119. The normalized spacial score (nSPS) is 25.0. The van der Waals surface area contributed by atoms with Gasteiger partial charge in [0.15, 0.2) is 0 Å². The molecular formula is C19H27N3O2. The first-order valence-electron chi connectivity index (χ1n) is 9.24. The molecule has 0 bridgehead atoms. The summed E-state index contributed by atoms with van der Waals surface area (Å²) in [6, 6.07) is 8.25. The van der Waals surface area contributed by atoms with E-state index in [0.29, 0.717) is 13.2 Å². The number of amides is 1. The van der Waals surface area contributed by atoms with E-state index in [9.17, 15) is 4.79 Å². The highest BCUT2D eigenvalue weighted by molar-refractivity contribution is 5.93. The Morgan fingerprint density at radius 1 is 1.17 bits per heavy atom. The third-order valence-electron chi connectivity index (χ3n) is 5.36. The van der Waals surface area contributed by atoms with Crippen LogP contribution in [0.15, 0.2) is 24.3 Å². The maximum atomic E-state index is 12.2. The molecule has 24 heavy (non-hydrogen) atoms. The zero-order valence-corrected chi connectivity index (χ0v) is 14.2. The topological polar surface area (TPSA) is 44.8 Å². The molecule has 4 rings (SSSR count). The molecule has 1 aromatic carbocycles. The number of ether oxygens (including phenoxy) is 1. The zero-order chi connectivity index (χ0) is 16.4. The van der Waals surface area contributed by atoms with Gasteiger partial charge < -0.3 is 15.0 Å². The first-order chi connectivity index (χ1) is 11.8. The monoisotopic (exact) mass is 329 g/mol. The molecule has 130 valence electrons. The van der Waals surface area contributed by atoms with Crippen LogP contribution >= 0.6 is 0 Å². The van der Waals surface area contributed by atoms with Gasteiger partial charge in [-0.05, 0) is 43.4 Å². The second kappa shape index (κ2) is 7.11. The van der Waals surface area contributed by atoms with Gasteiger partial charge in [0.05, 0.1) is 12.5 Å². The van der Waals surface area contributed by atoms with Crippen molar-refractivity contribution < 1.29 is 9.53 Å². The minimum atomic E-state index is -0.000347. The molecule has 1 amide bonds. The number of carbonyl (C=O) groups is 1. The van der Waals surface area contributed by atoms with E-state index >= 15 is 0 Å². The van der Waals surface area contributed by atoms with Gasteiger partial charge in [0.2, 0.25) is 5.91 Å². The van der Waals surface area contributed by atoms with E-state index in [4.69, 9.17) is 4.74 Å². The highest BCUT2D eigenvalue weighted by Crippen LogP contribution is 2.30. The van der Waals surface area contributed by atoms with Crippen molar-refractivity contribution in [3.8, 4) is 0 Å². The molecule has 0 spiro atoms. The Kier molecular flexibility index (Phi) is 4.72. The van der Waals surface area contributed by atoms with Crippen molar-refractivity contribution in [2.75, 3.05) is 56.2 Å². The van der Waals surface area contributed by atoms with Crippen LogP contribution in [0.4, 0.5) is 11.4 Å². The molecule has 1 saturated carbocycles. The maximum Gasteiger partial charge on any atom is 0.229 e. The number of benzene rings is 1. The predicted molar refractivity (Wildman–Crippen MR) is 95.4 cm³/mol. The van der Waals surface area contributed by atoms with Gasteiger partial charge in [-0.25, -0.2) is 0 Å². The minimum absolute atomic E-state index is 0.000347. The van der Waals surface area contributed by atoms with Gasteiger partial charge in [0.25, 0.3) is 0 Å². The summed E-state index contributed by atoms with van der Waals surface area (Å²) in [5.41, 5.74) is 2.10. The molecule has 0 unspecified atom stereocenters. The lowest BCUT2D eigenvalue weighted by Gasteiger charge is -2.36. The molecule has 5 nitrogen and oxygen atoms in total. The number of nitrogens with one attached hydrogen (secondary N) is 1. The van der Waals surface area contributed by atoms with Gasteiger partial charge in [0, 0.05) is 50.7 Å². The minimum Gasteiger partial charge on any atom is -0.381 e. The molecule has 1 atom stereocenters. The Morgan fingerprint density at radius 3 is 2.71 bits per heavy atom. The van der Waals surface area contributed by atoms with E-state index < -0.39 is 0 Å². The Bertz CT molecular complexity index is 574. The summed E-state index contributed by atoms with van der Waals surface area (Å²) in [4.78, 5) is 17.3. The average Bonchev–Trinajstić information content (AvgIpc) is 3.24. The third-order valence-corrected chi connectivity index (χ3v) is 5.36. The van der Waals surface area contributed by atoms with Crippen LogP contribution < -0.4 is 10.2 Å². The van der Waals surface area contributed by atoms with Crippen molar-refractivity contribution in [1.29, 1.82) is 0 Å². The molecule has 3 fully saturated rings. The molecule has 2 saturated heterocycles. The summed E-state index contributed by atoms with van der Waals surface area (Å²) in [5, 5.41) is 3.05. The van der Waals surface area contributed by atoms with Crippen LogP contribution in [0, 0.1) is 11.8 Å². The molecular weight excluding hydrogens is 302 g/mol. The molecule has 1 aromatic rings.